The SMILES string of the molecule is CC(C)N(C)[C@@H]1CCN(Cc2ccncc2)[C@H]1Cc1ccccc1.O=C(O)C(F)(F)F.O=C(O)C(F)(F)F.O=C(O)C(F)(F)F. The fourth-order valence-corrected chi connectivity index (χ4v) is 3.80. The molecule has 0 aliphatic carbocycles. The van der Waals surface area contributed by atoms with E-state index < -0.39 is 36.4 Å². The molecule has 3 rings (SSSR count). The van der Waals surface area contributed by atoms with E-state index in [-0.39, 0.29) is 0 Å². The molecule has 0 bridgehead atoms. The average molecular weight is 666 g/mol. The van der Waals surface area contributed by atoms with E-state index in [1.54, 1.807) is 0 Å². The first kappa shape index (κ1) is 41.1. The zero-order chi connectivity index (χ0) is 35.2. The monoisotopic (exact) mass is 665 g/mol. The lowest BCUT2D eigenvalue weighted by Crippen LogP contribution is -2.47. The molecule has 0 unspecified atom stereocenters. The lowest BCUT2D eigenvalue weighted by atomic mass is 9.98. The van der Waals surface area contributed by atoms with Crippen LogP contribution in [0.4, 0.5) is 39.5 Å². The Morgan fingerprint density at radius 2 is 1.20 bits per heavy atom. The highest BCUT2D eigenvalue weighted by Crippen LogP contribution is 2.28. The van der Waals surface area contributed by atoms with Crippen molar-refractivity contribution in [2.24, 2.45) is 0 Å². The largest absolute Gasteiger partial charge is 0.490 e. The molecule has 1 aromatic heterocycles. The van der Waals surface area contributed by atoms with Crippen LogP contribution in [0.1, 0.15) is 31.4 Å². The van der Waals surface area contributed by atoms with Crippen molar-refractivity contribution in [2.75, 3.05) is 13.6 Å². The van der Waals surface area contributed by atoms with Gasteiger partial charge in [0.05, 0.1) is 0 Å². The molecule has 1 aliphatic heterocycles. The Balaban J connectivity index is 0.000000753. The highest BCUT2D eigenvalue weighted by Gasteiger charge is 2.40. The van der Waals surface area contributed by atoms with E-state index in [0.717, 1.165) is 13.0 Å². The Labute approximate surface area is 251 Å². The van der Waals surface area contributed by atoms with Crippen LogP contribution >= 0.6 is 0 Å². The van der Waals surface area contributed by atoms with Gasteiger partial charge in [0, 0.05) is 43.6 Å². The summed E-state index contributed by atoms with van der Waals surface area (Å²) in [5, 5.41) is 21.4. The first-order valence-corrected chi connectivity index (χ1v) is 12.8. The minimum Gasteiger partial charge on any atom is -0.475 e. The van der Waals surface area contributed by atoms with E-state index in [1.165, 1.54) is 24.1 Å². The molecule has 1 aromatic carbocycles. The van der Waals surface area contributed by atoms with Gasteiger partial charge in [0.1, 0.15) is 0 Å². The third-order valence-corrected chi connectivity index (χ3v) is 6.11. The van der Waals surface area contributed by atoms with Crippen LogP contribution in [0.2, 0.25) is 0 Å². The summed E-state index contributed by atoms with van der Waals surface area (Å²) in [7, 11) is 2.28. The first-order valence-electron chi connectivity index (χ1n) is 12.8. The molecule has 9 nitrogen and oxygen atoms in total. The second kappa shape index (κ2) is 18.1. The number of aromatic nitrogens is 1. The lowest BCUT2D eigenvalue weighted by molar-refractivity contribution is -0.193. The van der Waals surface area contributed by atoms with Gasteiger partial charge in [0.25, 0.3) is 0 Å². The molecule has 0 amide bonds. The van der Waals surface area contributed by atoms with Gasteiger partial charge in [-0.25, -0.2) is 14.4 Å². The first-order chi connectivity index (χ1) is 20.5. The maximum atomic E-state index is 10.6. The number of hydrogen-bond donors (Lipinski definition) is 3. The van der Waals surface area contributed by atoms with Gasteiger partial charge in [-0.1, -0.05) is 30.3 Å². The Bertz CT molecular complexity index is 1120. The molecule has 1 aliphatic rings. The van der Waals surface area contributed by atoms with Gasteiger partial charge in [0.2, 0.25) is 0 Å². The second-order valence-corrected chi connectivity index (χ2v) is 9.61. The van der Waals surface area contributed by atoms with E-state index in [4.69, 9.17) is 29.7 Å². The number of aliphatic carboxylic acids is 3. The molecule has 1 saturated heterocycles. The number of halogens is 9. The van der Waals surface area contributed by atoms with Gasteiger partial charge in [-0.05, 0) is 57.0 Å². The molecule has 45 heavy (non-hydrogen) atoms. The summed E-state index contributed by atoms with van der Waals surface area (Å²) in [6, 6.07) is 17.0. The van der Waals surface area contributed by atoms with Crippen molar-refractivity contribution in [3.63, 3.8) is 0 Å². The minimum atomic E-state index is -5.08. The van der Waals surface area contributed by atoms with Crippen molar-refractivity contribution < 1.29 is 69.2 Å². The molecule has 0 radical (unpaired) electrons. The van der Waals surface area contributed by atoms with E-state index in [9.17, 15) is 39.5 Å². The van der Waals surface area contributed by atoms with Crippen LogP contribution in [-0.2, 0) is 27.3 Å². The van der Waals surface area contributed by atoms with Gasteiger partial charge in [-0.15, -0.1) is 0 Å². The molecule has 0 spiro atoms. The van der Waals surface area contributed by atoms with Gasteiger partial charge < -0.3 is 15.3 Å². The number of pyridine rings is 1. The molecule has 1 fully saturated rings. The van der Waals surface area contributed by atoms with Crippen LogP contribution in [0.15, 0.2) is 54.9 Å². The maximum Gasteiger partial charge on any atom is 0.490 e. The Hall–Kier alpha value is -3.93. The molecule has 2 atom stereocenters. The normalized spacial score (nSPS) is 16.8. The van der Waals surface area contributed by atoms with Crippen LogP contribution in [0.5, 0.6) is 0 Å². The molecule has 2 heterocycles. The highest BCUT2D eigenvalue weighted by atomic mass is 19.4. The Morgan fingerprint density at radius 3 is 1.56 bits per heavy atom. The molecular formula is C27H32F9N3O6. The summed E-state index contributed by atoms with van der Waals surface area (Å²) in [6.07, 6.45) is -9.09. The number of likely N-dealkylation sites (N-methyl/N-ethyl adjacent to an activating group) is 1. The van der Waals surface area contributed by atoms with Gasteiger partial charge in [-0.3, -0.25) is 14.8 Å². The summed E-state index contributed by atoms with van der Waals surface area (Å²) in [4.78, 5) is 36.0. The second-order valence-electron chi connectivity index (χ2n) is 9.61. The van der Waals surface area contributed by atoms with Crippen LogP contribution < -0.4 is 0 Å². The number of nitrogens with zero attached hydrogens (tertiary/aromatic N) is 3. The standard InChI is InChI=1S/C21H29N3.3C2HF3O2/c1-17(2)23(3)20-11-14-24(16-19-9-12-22-13-10-19)21(20)15-18-7-5-4-6-8-18;3*3-2(4,5)1(6)7/h4-10,12-13,17,20-21H,11,14-16H2,1-3H3;3*(H,6,7)/t20-,21+;;;/m1.../s1. The number of benzene rings is 1. The Kier molecular flexibility index (Phi) is 16.6. The molecule has 254 valence electrons. The van der Waals surface area contributed by atoms with Gasteiger partial charge in [0.15, 0.2) is 0 Å². The minimum absolute atomic E-state index is 0.563. The van der Waals surface area contributed by atoms with E-state index >= 15 is 0 Å². The van der Waals surface area contributed by atoms with Crippen molar-refractivity contribution in [3.05, 3.63) is 66.0 Å². The number of carboxylic acid groups (broad SMARTS) is 3. The summed E-state index contributed by atoms with van der Waals surface area (Å²) in [6.45, 7) is 6.78. The van der Waals surface area contributed by atoms with E-state index in [1.807, 2.05) is 12.4 Å². The predicted molar refractivity (Wildman–Crippen MR) is 141 cm³/mol. The fourth-order valence-electron chi connectivity index (χ4n) is 3.80. The van der Waals surface area contributed by atoms with E-state index in [2.05, 4.69) is 78.1 Å². The summed E-state index contributed by atoms with van der Waals surface area (Å²) >= 11 is 0. The van der Waals surface area contributed by atoms with Crippen LogP contribution in [0.3, 0.4) is 0 Å². The van der Waals surface area contributed by atoms with Crippen LogP contribution in [0.25, 0.3) is 0 Å². The molecule has 3 N–H and O–H groups in total. The predicted octanol–water partition coefficient (Wildman–Crippen LogP) is 5.51. The number of rotatable bonds is 6. The maximum absolute atomic E-state index is 10.6. The smallest absolute Gasteiger partial charge is 0.475 e. The topological polar surface area (TPSA) is 131 Å². The molecule has 0 saturated carbocycles. The average Bonchev–Trinajstić information content (AvgIpc) is 3.30. The van der Waals surface area contributed by atoms with Gasteiger partial charge in [-0.2, -0.15) is 39.5 Å². The van der Waals surface area contributed by atoms with Crippen molar-refractivity contribution in [2.45, 2.75) is 69.9 Å². The summed E-state index contributed by atoms with van der Waals surface area (Å²) < 4.78 is 95.2. The van der Waals surface area contributed by atoms with Crippen LogP contribution in [-0.4, -0.2) is 98.3 Å². The van der Waals surface area contributed by atoms with Crippen molar-refractivity contribution in [3.8, 4) is 0 Å². The third kappa shape index (κ3) is 16.6. The number of carboxylic acids is 3. The third-order valence-electron chi connectivity index (χ3n) is 6.11. The van der Waals surface area contributed by atoms with Crippen molar-refractivity contribution in [1.29, 1.82) is 0 Å². The van der Waals surface area contributed by atoms with E-state index in [0.29, 0.717) is 18.1 Å². The number of hydrogen-bond acceptors (Lipinski definition) is 6. The zero-order valence-corrected chi connectivity index (χ0v) is 24.1. The van der Waals surface area contributed by atoms with Gasteiger partial charge >= 0.3 is 36.4 Å². The quantitative estimate of drug-likeness (QED) is 0.342. The zero-order valence-electron chi connectivity index (χ0n) is 24.1. The van der Waals surface area contributed by atoms with Crippen LogP contribution in [0, 0.1) is 0 Å². The summed E-state index contributed by atoms with van der Waals surface area (Å²) in [5.74, 6) is -8.27. The number of likely N-dealkylation sites (tertiary alicyclic amines) is 1. The molecule has 18 heteroatoms. The molecule has 2 aromatic rings. The highest BCUT2D eigenvalue weighted by molar-refractivity contribution is 5.73. The Morgan fingerprint density at radius 1 is 0.800 bits per heavy atom. The fraction of sp³-hybridized carbons (Fsp3) is 0.481. The van der Waals surface area contributed by atoms with Crippen molar-refractivity contribution in [1.82, 2.24) is 14.8 Å². The number of carbonyl (C=O) groups is 3. The molecular weight excluding hydrogens is 633 g/mol. The lowest BCUT2D eigenvalue weighted by Gasteiger charge is -2.35. The summed E-state index contributed by atoms with van der Waals surface area (Å²) in [5.41, 5.74) is 2.79. The van der Waals surface area contributed by atoms with Crippen molar-refractivity contribution >= 4 is 17.9 Å². The number of alkyl halides is 9.